The maximum atomic E-state index is 7.00. The van der Waals surface area contributed by atoms with Gasteiger partial charge in [-0.3, -0.25) is 5.10 Å². The van der Waals surface area contributed by atoms with E-state index in [1.807, 2.05) is 6.07 Å². The number of aromatic amines is 1. The second-order valence-electron chi connectivity index (χ2n) is 0.882. The first-order valence-electron chi connectivity index (χ1n) is 1.95. The molecule has 0 atom stereocenters. The number of hydrogen-bond acceptors (Lipinski definition) is 3. The third-order valence-electron chi connectivity index (χ3n) is 0.406. The van der Waals surface area contributed by atoms with Gasteiger partial charge in [0.25, 0.3) is 0 Å². The minimum atomic E-state index is 0. The van der Waals surface area contributed by atoms with Crippen LogP contribution in [0.15, 0.2) is 18.5 Å². The summed E-state index contributed by atoms with van der Waals surface area (Å²) < 4.78 is 0. The Kier molecular flexibility index (Phi) is 28.0. The van der Waals surface area contributed by atoms with Gasteiger partial charge in [0.05, 0.1) is 0 Å². The van der Waals surface area contributed by atoms with E-state index < -0.39 is 0 Å². The van der Waals surface area contributed by atoms with Crippen LogP contribution in [0.2, 0.25) is 0 Å². The molecule has 0 aliphatic rings. The van der Waals surface area contributed by atoms with E-state index in [1.54, 1.807) is 12.4 Å². The van der Waals surface area contributed by atoms with Crippen LogP contribution in [0.25, 0.3) is 0 Å². The molecule has 5 nitrogen and oxygen atoms in total. The van der Waals surface area contributed by atoms with E-state index in [9.17, 15) is 0 Å². The van der Waals surface area contributed by atoms with E-state index in [2.05, 4.69) is 10.2 Å². The molecule has 0 aliphatic heterocycles. The smallest absolute Gasteiger partial charge is 1.00 e. The first kappa shape index (κ1) is 17.0. The Labute approximate surface area is 103 Å². The van der Waals surface area contributed by atoms with Crippen LogP contribution in [-0.2, 0) is 0 Å². The molecule has 7 heteroatoms. The van der Waals surface area contributed by atoms with Gasteiger partial charge in [-0.05, 0) is 6.07 Å². The summed E-state index contributed by atoms with van der Waals surface area (Å²) >= 11 is 0. The molecule has 53 valence electrons. The molecule has 1 aromatic heterocycles. The van der Waals surface area contributed by atoms with Crippen LogP contribution < -0.4 is 51.4 Å². The molecule has 1 aromatic rings. The maximum absolute atomic E-state index is 7.00. The van der Waals surface area contributed by atoms with E-state index in [-0.39, 0.29) is 66.0 Å². The Morgan fingerprint density at radius 2 is 2.00 bits per heavy atom. The Morgan fingerprint density at radius 3 is 2.10 bits per heavy atom. The summed E-state index contributed by atoms with van der Waals surface area (Å²) in [4.78, 5) is 0. The predicted molar refractivity (Wildman–Crippen MR) is 33.5 cm³/mol. The van der Waals surface area contributed by atoms with Crippen LogP contribution in [0.3, 0.4) is 0 Å². The molecule has 0 saturated carbocycles. The molecule has 1 rings (SSSR count). The van der Waals surface area contributed by atoms with Crippen LogP contribution in [0.1, 0.15) is 1.43 Å². The molecule has 0 spiro atoms. The van der Waals surface area contributed by atoms with E-state index in [1.165, 1.54) is 0 Å². The van der Waals surface area contributed by atoms with Crippen molar-refractivity contribution in [1.82, 2.24) is 10.2 Å². The van der Waals surface area contributed by atoms with E-state index in [0.29, 0.717) is 0 Å². The molecule has 0 aromatic carbocycles. The van der Waals surface area contributed by atoms with Gasteiger partial charge in [0, 0.05) is 12.4 Å². The van der Waals surface area contributed by atoms with E-state index in [0.717, 1.165) is 0 Å². The van der Waals surface area contributed by atoms with Crippen LogP contribution >= 0.6 is 0 Å². The SMILES string of the molecule is O.O[B]O.[H-].[K+].c1cn[nH]c1. The minimum absolute atomic E-state index is 0. The van der Waals surface area contributed by atoms with Crippen molar-refractivity contribution in [1.29, 1.82) is 0 Å². The number of nitrogens with one attached hydrogen (secondary N) is 1. The van der Waals surface area contributed by atoms with Gasteiger partial charge in [-0.2, -0.15) is 5.10 Å². The monoisotopic (exact) mass is 171 g/mol. The molecule has 0 unspecified atom stereocenters. The van der Waals surface area contributed by atoms with Crippen molar-refractivity contribution in [2.45, 2.75) is 0 Å². The fourth-order valence-electron chi connectivity index (χ4n) is 0.215. The van der Waals surface area contributed by atoms with Gasteiger partial charge >= 0.3 is 59.1 Å². The molecule has 10 heavy (non-hydrogen) atoms. The number of H-pyrrole nitrogens is 1. The van der Waals surface area contributed by atoms with Crippen molar-refractivity contribution in [3.8, 4) is 0 Å². The molecule has 0 saturated heterocycles. The molecular weight excluding hydrogens is 162 g/mol. The summed E-state index contributed by atoms with van der Waals surface area (Å²) in [6.07, 6.45) is 3.46. The zero-order valence-corrected chi connectivity index (χ0v) is 8.77. The van der Waals surface area contributed by atoms with Crippen molar-refractivity contribution in [3.05, 3.63) is 18.5 Å². The second kappa shape index (κ2) is 16.4. The second-order valence-corrected chi connectivity index (χ2v) is 0.882. The van der Waals surface area contributed by atoms with Gasteiger partial charge in [-0.25, -0.2) is 0 Å². The number of hydrogen-bond donors (Lipinski definition) is 3. The average molecular weight is 171 g/mol. The maximum Gasteiger partial charge on any atom is 1.00 e. The molecule has 1 heterocycles. The molecule has 5 N–H and O–H groups in total. The fraction of sp³-hybridized carbons (Fsp3) is 0. The van der Waals surface area contributed by atoms with Crippen molar-refractivity contribution < 1.29 is 68.3 Å². The summed E-state index contributed by atoms with van der Waals surface area (Å²) in [6.45, 7) is 0. The van der Waals surface area contributed by atoms with Crippen molar-refractivity contribution in [2.75, 3.05) is 0 Å². The Bertz CT molecular complexity index is 93.5. The summed E-state index contributed by atoms with van der Waals surface area (Å²) in [5.74, 6) is 0. The standard InChI is InChI=1S/C3H4N2.BH2O2.K.H2O.H/c1-2-4-5-3-1;2-1-3;;;/h1-3H,(H,4,5);2-3H;;1H2;/q;;+1;;-1. The van der Waals surface area contributed by atoms with Gasteiger partial charge in [0.2, 0.25) is 0 Å². The fourth-order valence-corrected chi connectivity index (χ4v) is 0.215. The molecule has 0 aliphatic carbocycles. The minimum Gasteiger partial charge on any atom is -1.00 e. The molecule has 0 fully saturated rings. The van der Waals surface area contributed by atoms with Gasteiger partial charge in [0.1, 0.15) is 0 Å². The summed E-state index contributed by atoms with van der Waals surface area (Å²) in [6, 6.07) is 1.83. The number of rotatable bonds is 0. The number of aromatic nitrogens is 2. The Balaban J connectivity index is -0.0000000379. The molecule has 0 bridgehead atoms. The zero-order valence-electron chi connectivity index (χ0n) is 6.65. The van der Waals surface area contributed by atoms with Crippen molar-refractivity contribution in [2.24, 2.45) is 0 Å². The third-order valence-corrected chi connectivity index (χ3v) is 0.406. The van der Waals surface area contributed by atoms with Gasteiger partial charge in [-0.15, -0.1) is 0 Å². The van der Waals surface area contributed by atoms with Crippen molar-refractivity contribution in [3.63, 3.8) is 0 Å². The molecular formula is C3H9BKN2O3. The molecule has 1 radical (unpaired) electrons. The quantitative estimate of drug-likeness (QED) is 0.341. The van der Waals surface area contributed by atoms with Gasteiger partial charge in [-0.1, -0.05) is 0 Å². The first-order chi connectivity index (χ1) is 3.91. The van der Waals surface area contributed by atoms with E-state index >= 15 is 0 Å². The summed E-state index contributed by atoms with van der Waals surface area (Å²) in [5.41, 5.74) is 0. The topological polar surface area (TPSA) is 101 Å². The van der Waals surface area contributed by atoms with Crippen LogP contribution in [0.5, 0.6) is 0 Å². The summed E-state index contributed by atoms with van der Waals surface area (Å²) in [5, 5.41) is 20.2. The Morgan fingerprint density at radius 1 is 1.50 bits per heavy atom. The Hall–Kier alpha value is 0.791. The largest absolute Gasteiger partial charge is 1.00 e. The zero-order chi connectivity index (χ0) is 6.24. The van der Waals surface area contributed by atoms with Crippen LogP contribution in [0.4, 0.5) is 0 Å². The van der Waals surface area contributed by atoms with Crippen molar-refractivity contribution >= 4 is 7.69 Å². The predicted octanol–water partition coefficient (Wildman–Crippen LogP) is -4.79. The van der Waals surface area contributed by atoms with Crippen LogP contribution in [-0.4, -0.2) is 33.4 Å². The summed E-state index contributed by atoms with van der Waals surface area (Å²) in [7, 11) is 0. The van der Waals surface area contributed by atoms with Gasteiger partial charge < -0.3 is 17.0 Å². The van der Waals surface area contributed by atoms with Gasteiger partial charge in [0.15, 0.2) is 0 Å². The molecule has 0 amide bonds. The third kappa shape index (κ3) is 15.9. The average Bonchev–Trinajstić information content (AvgIpc) is 2.17. The normalized spacial score (nSPS) is 5.40. The van der Waals surface area contributed by atoms with Crippen LogP contribution in [0, 0.1) is 0 Å². The first-order valence-corrected chi connectivity index (χ1v) is 1.95. The number of nitrogens with zero attached hydrogens (tertiary/aromatic N) is 1. The van der Waals surface area contributed by atoms with E-state index in [4.69, 9.17) is 10.0 Å².